The fourth-order valence-electron chi connectivity index (χ4n) is 6.87. The van der Waals surface area contributed by atoms with Crippen LogP contribution in [0.3, 0.4) is 0 Å². The lowest BCUT2D eigenvalue weighted by Gasteiger charge is -2.56. The summed E-state index contributed by atoms with van der Waals surface area (Å²) in [5.41, 5.74) is 7.02. The maximum absolute atomic E-state index is 14.0. The first-order valence-corrected chi connectivity index (χ1v) is 14.1. The average molecular weight is 551 g/mol. The Morgan fingerprint density at radius 2 is 1.93 bits per heavy atom. The molecule has 2 bridgehead atoms. The summed E-state index contributed by atoms with van der Waals surface area (Å²) < 4.78 is 29.6. The van der Waals surface area contributed by atoms with E-state index in [2.05, 4.69) is 44.2 Å². The maximum atomic E-state index is 14.0. The Morgan fingerprint density at radius 3 is 2.68 bits per heavy atom. The summed E-state index contributed by atoms with van der Waals surface area (Å²) in [7, 11) is 0. The molecular weight excluding hydrogens is 522 g/mol. The van der Waals surface area contributed by atoms with Gasteiger partial charge in [0.1, 0.15) is 11.9 Å². The Kier molecular flexibility index (Phi) is 5.41. The van der Waals surface area contributed by atoms with Gasteiger partial charge in [-0.05, 0) is 41.8 Å². The third-order valence-electron chi connectivity index (χ3n) is 9.01. The molecule has 9 rings (SSSR count). The van der Waals surface area contributed by atoms with Crippen LogP contribution in [0.5, 0.6) is 0 Å². The molecule has 0 saturated carbocycles. The normalized spacial score (nSPS) is 22.7. The number of nitrogens with zero attached hydrogens (tertiary/aromatic N) is 8. The van der Waals surface area contributed by atoms with Crippen molar-refractivity contribution < 1.29 is 8.78 Å². The van der Waals surface area contributed by atoms with Gasteiger partial charge in [0, 0.05) is 74.6 Å². The van der Waals surface area contributed by atoms with Crippen molar-refractivity contribution >= 4 is 23.1 Å². The number of hydrogen-bond acceptors (Lipinski definition) is 7. The van der Waals surface area contributed by atoms with E-state index < -0.39 is 5.92 Å². The lowest BCUT2D eigenvalue weighted by Crippen LogP contribution is -2.68. The molecule has 41 heavy (non-hydrogen) atoms. The molecule has 4 aromatic heterocycles. The van der Waals surface area contributed by atoms with Crippen molar-refractivity contribution in [2.45, 2.75) is 43.8 Å². The quantitative estimate of drug-likeness (QED) is 0.361. The molecule has 206 valence electrons. The highest BCUT2D eigenvalue weighted by molar-refractivity contribution is 5.86. The lowest BCUT2D eigenvalue weighted by molar-refractivity contribution is -0.00876. The minimum atomic E-state index is -2.71. The second-order valence-electron chi connectivity index (χ2n) is 11.6. The van der Waals surface area contributed by atoms with Crippen molar-refractivity contribution in [1.29, 1.82) is 5.26 Å². The number of allylic oxidation sites excluding steroid dienone is 1. The Labute approximate surface area is 236 Å². The van der Waals surface area contributed by atoms with E-state index in [0.29, 0.717) is 28.9 Å². The molecule has 8 nitrogen and oxygen atoms in total. The van der Waals surface area contributed by atoms with E-state index in [1.54, 1.807) is 15.6 Å². The summed E-state index contributed by atoms with van der Waals surface area (Å²) in [5, 5.41) is 14.0. The van der Waals surface area contributed by atoms with Gasteiger partial charge in [-0.25, -0.2) is 18.3 Å². The molecule has 10 heteroatoms. The summed E-state index contributed by atoms with van der Waals surface area (Å²) in [6.07, 6.45) is 13.4. The topological polar surface area (TPSA) is 76.6 Å². The molecule has 4 aliphatic heterocycles. The minimum Gasteiger partial charge on any atom is -0.364 e. The molecule has 0 spiro atoms. The van der Waals surface area contributed by atoms with Crippen LogP contribution in [-0.4, -0.2) is 68.7 Å². The number of fused-ring (bicyclic) bond motifs is 4. The molecule has 4 saturated heterocycles. The fourth-order valence-corrected chi connectivity index (χ4v) is 6.87. The molecule has 2 unspecified atom stereocenters. The van der Waals surface area contributed by atoms with E-state index in [0.717, 1.165) is 43.0 Å². The number of anilines is 2. The largest absolute Gasteiger partial charge is 0.364 e. The molecule has 0 aromatic carbocycles. The van der Waals surface area contributed by atoms with Crippen LogP contribution < -0.4 is 9.80 Å². The molecule has 4 fully saturated rings. The number of aromatic nitrogens is 4. The minimum absolute atomic E-state index is 0.171. The molecule has 0 radical (unpaired) electrons. The maximum Gasteiger partial charge on any atom is 0.266 e. The Balaban J connectivity index is 1.02. The van der Waals surface area contributed by atoms with Gasteiger partial charge in [-0.2, -0.15) is 10.4 Å². The molecule has 5 aliphatic rings. The van der Waals surface area contributed by atoms with E-state index in [1.807, 2.05) is 30.6 Å². The first-order chi connectivity index (χ1) is 19.9. The van der Waals surface area contributed by atoms with Gasteiger partial charge in [-0.3, -0.25) is 9.88 Å². The van der Waals surface area contributed by atoms with Crippen LogP contribution in [0.4, 0.5) is 20.3 Å². The van der Waals surface area contributed by atoms with Gasteiger partial charge in [-0.15, -0.1) is 0 Å². The standard InChI is InChI=1S/C31H28F2N8/c32-31(33)6-7-38(19-31)24-10-27(30-23(11-34)14-37-41(30)18-24)22-4-5-29(36-13-22)39-16-25-9-26(17-39)40(25)15-20-8-21-2-1-3-28(21)35-12-20/h1-2,4-5,8,10,12-14,18,25-26H,3,6-7,9,15-17,19H2. The van der Waals surface area contributed by atoms with Crippen LogP contribution in [0.25, 0.3) is 22.7 Å². The fraction of sp³-hybridized carbons (Fsp3) is 0.355. The first-order valence-electron chi connectivity index (χ1n) is 14.1. The Morgan fingerprint density at radius 1 is 1.05 bits per heavy atom. The predicted molar refractivity (Wildman–Crippen MR) is 152 cm³/mol. The summed E-state index contributed by atoms with van der Waals surface area (Å²) in [6, 6.07) is 11.4. The second kappa shape index (κ2) is 9.08. The molecule has 4 aromatic rings. The number of pyridine rings is 3. The molecular formula is C31H28F2N8. The molecule has 0 N–H and O–H groups in total. The Bertz CT molecular complexity index is 1730. The highest BCUT2D eigenvalue weighted by Gasteiger charge is 2.44. The van der Waals surface area contributed by atoms with Crippen molar-refractivity contribution in [3.05, 3.63) is 77.5 Å². The summed E-state index contributed by atoms with van der Waals surface area (Å²) >= 11 is 0. The second-order valence-corrected chi connectivity index (χ2v) is 11.6. The van der Waals surface area contributed by atoms with E-state index in [4.69, 9.17) is 4.98 Å². The molecule has 8 heterocycles. The molecule has 1 aliphatic carbocycles. The summed E-state index contributed by atoms with van der Waals surface area (Å²) in [6.45, 7) is 2.72. The smallest absolute Gasteiger partial charge is 0.266 e. The number of hydrogen-bond donors (Lipinski definition) is 0. The van der Waals surface area contributed by atoms with E-state index >= 15 is 0 Å². The van der Waals surface area contributed by atoms with Gasteiger partial charge in [-0.1, -0.05) is 12.2 Å². The van der Waals surface area contributed by atoms with Gasteiger partial charge in [0.05, 0.1) is 41.4 Å². The number of nitriles is 1. The highest BCUT2D eigenvalue weighted by atomic mass is 19.3. The van der Waals surface area contributed by atoms with Crippen LogP contribution in [-0.2, 0) is 13.0 Å². The van der Waals surface area contributed by atoms with E-state index in [9.17, 15) is 14.0 Å². The Hall–Kier alpha value is -4.36. The number of alkyl halides is 2. The predicted octanol–water partition coefficient (Wildman–Crippen LogP) is 4.54. The van der Waals surface area contributed by atoms with Crippen molar-refractivity contribution in [2.24, 2.45) is 0 Å². The summed E-state index contributed by atoms with van der Waals surface area (Å²) in [5.74, 6) is -1.78. The van der Waals surface area contributed by atoms with Crippen molar-refractivity contribution in [3.63, 3.8) is 0 Å². The van der Waals surface area contributed by atoms with Crippen LogP contribution in [0.2, 0.25) is 0 Å². The van der Waals surface area contributed by atoms with Crippen LogP contribution in [0.15, 0.2) is 55.1 Å². The zero-order valence-electron chi connectivity index (χ0n) is 22.4. The monoisotopic (exact) mass is 550 g/mol. The van der Waals surface area contributed by atoms with Crippen molar-refractivity contribution in [1.82, 2.24) is 24.5 Å². The van der Waals surface area contributed by atoms with Crippen molar-refractivity contribution in [2.75, 3.05) is 36.0 Å². The molecule has 0 amide bonds. The van der Waals surface area contributed by atoms with Gasteiger partial charge in [0.25, 0.3) is 5.92 Å². The van der Waals surface area contributed by atoms with Gasteiger partial charge in [0.15, 0.2) is 0 Å². The SMILES string of the molecule is N#Cc1cnn2cc(N3CCC(F)(F)C3)cc(-c3ccc(N4CC5CC(C4)N5Cc4cnc5c(c4)C=CC5)nc3)c12. The number of halogens is 2. The van der Waals surface area contributed by atoms with Crippen LogP contribution in [0, 0.1) is 11.3 Å². The number of rotatable bonds is 5. The zero-order valence-corrected chi connectivity index (χ0v) is 22.4. The first kappa shape index (κ1) is 24.4. The molecule has 2 atom stereocenters. The van der Waals surface area contributed by atoms with Gasteiger partial charge in [0.2, 0.25) is 0 Å². The third-order valence-corrected chi connectivity index (χ3v) is 9.01. The van der Waals surface area contributed by atoms with Crippen LogP contribution in [0.1, 0.15) is 35.2 Å². The lowest BCUT2D eigenvalue weighted by atomic mass is 9.86. The van der Waals surface area contributed by atoms with Gasteiger partial charge < -0.3 is 9.80 Å². The number of piperazine rings is 1. The van der Waals surface area contributed by atoms with E-state index in [-0.39, 0.29) is 19.5 Å². The summed E-state index contributed by atoms with van der Waals surface area (Å²) in [4.78, 5) is 16.1. The number of piperidine rings is 1. The van der Waals surface area contributed by atoms with Crippen LogP contribution >= 0.6 is 0 Å². The van der Waals surface area contributed by atoms with Gasteiger partial charge >= 0.3 is 0 Å². The van der Waals surface area contributed by atoms with Crippen molar-refractivity contribution in [3.8, 4) is 17.2 Å². The zero-order chi connectivity index (χ0) is 27.7. The van der Waals surface area contributed by atoms with E-state index in [1.165, 1.54) is 29.4 Å². The third kappa shape index (κ3) is 4.15. The highest BCUT2D eigenvalue weighted by Crippen LogP contribution is 2.38. The average Bonchev–Trinajstić information content (AvgIpc) is 3.73.